The summed E-state index contributed by atoms with van der Waals surface area (Å²) in [6, 6.07) is 12.9. The van der Waals surface area contributed by atoms with Crippen LogP contribution in [-0.4, -0.2) is 6.10 Å². The minimum absolute atomic E-state index is 0.182. The lowest BCUT2D eigenvalue weighted by Crippen LogP contribution is -2.10. The number of benzene rings is 1. The predicted molar refractivity (Wildman–Crippen MR) is 87.9 cm³/mol. The van der Waals surface area contributed by atoms with Crippen LogP contribution in [0.3, 0.4) is 0 Å². The van der Waals surface area contributed by atoms with Crippen LogP contribution in [0.25, 0.3) is 0 Å². The van der Waals surface area contributed by atoms with Crippen molar-refractivity contribution in [2.75, 3.05) is 5.32 Å². The van der Waals surface area contributed by atoms with Crippen molar-refractivity contribution in [3.05, 3.63) is 46.2 Å². The van der Waals surface area contributed by atoms with E-state index in [0.717, 1.165) is 17.9 Å². The fourth-order valence-corrected chi connectivity index (χ4v) is 3.02. The maximum atomic E-state index is 5.85. The van der Waals surface area contributed by atoms with Gasteiger partial charge in [0, 0.05) is 9.75 Å². The highest BCUT2D eigenvalue weighted by molar-refractivity contribution is 7.12. The second-order valence-electron chi connectivity index (χ2n) is 5.19. The minimum Gasteiger partial charge on any atom is -0.489 e. The van der Waals surface area contributed by atoms with Crippen molar-refractivity contribution in [3.8, 4) is 5.75 Å². The van der Waals surface area contributed by atoms with Crippen LogP contribution in [0, 0.1) is 0 Å². The van der Waals surface area contributed by atoms with Crippen LogP contribution in [0.1, 0.15) is 43.5 Å². The van der Waals surface area contributed by atoms with Crippen LogP contribution in [-0.2, 0) is 6.42 Å². The summed E-state index contributed by atoms with van der Waals surface area (Å²) in [7, 11) is 0. The Morgan fingerprint density at radius 3 is 2.50 bits per heavy atom. The summed E-state index contributed by atoms with van der Waals surface area (Å²) in [6.45, 7) is 8.48. The Balaban J connectivity index is 2.12. The summed E-state index contributed by atoms with van der Waals surface area (Å²) in [5.74, 6) is 0.918. The molecule has 20 heavy (non-hydrogen) atoms. The summed E-state index contributed by atoms with van der Waals surface area (Å²) in [6.07, 6.45) is 1.28. The first-order chi connectivity index (χ1) is 9.60. The van der Waals surface area contributed by atoms with Crippen molar-refractivity contribution in [2.45, 2.75) is 46.3 Å². The number of ether oxygens (including phenoxy) is 1. The van der Waals surface area contributed by atoms with Gasteiger partial charge in [-0.2, -0.15) is 0 Å². The summed E-state index contributed by atoms with van der Waals surface area (Å²) in [4.78, 5) is 2.79. The molecule has 2 rings (SSSR count). The number of hydrogen-bond donors (Lipinski definition) is 1. The third-order valence-corrected chi connectivity index (χ3v) is 4.49. The summed E-state index contributed by atoms with van der Waals surface area (Å²) in [5, 5.41) is 3.55. The van der Waals surface area contributed by atoms with E-state index in [0.29, 0.717) is 0 Å². The molecule has 0 saturated heterocycles. The van der Waals surface area contributed by atoms with Gasteiger partial charge in [0.05, 0.1) is 17.8 Å². The average molecular weight is 289 g/mol. The zero-order valence-corrected chi connectivity index (χ0v) is 13.5. The number of anilines is 1. The first-order valence-corrected chi connectivity index (χ1v) is 8.02. The van der Waals surface area contributed by atoms with Crippen molar-refractivity contribution in [2.24, 2.45) is 0 Å². The molecule has 2 aromatic rings. The molecule has 1 atom stereocenters. The Morgan fingerprint density at radius 1 is 1.10 bits per heavy atom. The van der Waals surface area contributed by atoms with Gasteiger partial charge in [0.2, 0.25) is 0 Å². The molecule has 1 N–H and O–H groups in total. The van der Waals surface area contributed by atoms with Crippen LogP contribution in [0.4, 0.5) is 5.69 Å². The van der Waals surface area contributed by atoms with Gasteiger partial charge in [-0.1, -0.05) is 19.1 Å². The Morgan fingerprint density at radius 2 is 1.85 bits per heavy atom. The topological polar surface area (TPSA) is 21.3 Å². The van der Waals surface area contributed by atoms with Gasteiger partial charge in [-0.05, 0) is 51.5 Å². The molecule has 1 heterocycles. The molecule has 0 saturated carbocycles. The van der Waals surface area contributed by atoms with Crippen LogP contribution in [0.2, 0.25) is 0 Å². The summed E-state index contributed by atoms with van der Waals surface area (Å²) in [5.41, 5.74) is 1.06. The molecule has 0 aliphatic heterocycles. The molecule has 1 aromatic heterocycles. The third-order valence-electron chi connectivity index (χ3n) is 3.08. The summed E-state index contributed by atoms with van der Waals surface area (Å²) < 4.78 is 5.85. The molecule has 0 fully saturated rings. The smallest absolute Gasteiger partial charge is 0.142 e. The van der Waals surface area contributed by atoms with E-state index in [9.17, 15) is 0 Å². The number of aryl methyl sites for hydroxylation is 1. The zero-order chi connectivity index (χ0) is 14.5. The van der Waals surface area contributed by atoms with E-state index >= 15 is 0 Å². The molecule has 108 valence electrons. The van der Waals surface area contributed by atoms with Gasteiger partial charge >= 0.3 is 0 Å². The van der Waals surface area contributed by atoms with E-state index in [2.05, 4.69) is 37.4 Å². The Labute approximate surface area is 125 Å². The monoisotopic (exact) mass is 289 g/mol. The lowest BCUT2D eigenvalue weighted by atomic mass is 10.2. The highest BCUT2D eigenvalue weighted by Gasteiger charge is 2.11. The Hall–Kier alpha value is -1.48. The van der Waals surface area contributed by atoms with Gasteiger partial charge in [0.15, 0.2) is 0 Å². The van der Waals surface area contributed by atoms with Crippen molar-refractivity contribution >= 4 is 17.0 Å². The van der Waals surface area contributed by atoms with E-state index < -0.39 is 0 Å². The zero-order valence-electron chi connectivity index (χ0n) is 12.6. The maximum absolute atomic E-state index is 5.85. The van der Waals surface area contributed by atoms with E-state index in [1.54, 1.807) is 0 Å². The molecule has 2 nitrogen and oxygen atoms in total. The van der Waals surface area contributed by atoms with Crippen LogP contribution < -0.4 is 10.1 Å². The number of hydrogen-bond acceptors (Lipinski definition) is 3. The molecule has 1 aromatic carbocycles. The standard InChI is InChI=1S/C17H23NOS/c1-5-14-10-11-17(20-14)13(4)18-15-8-6-7-9-16(15)19-12(2)3/h6-13,18H,5H2,1-4H3. The number of para-hydroxylation sites is 2. The van der Waals surface area contributed by atoms with Gasteiger partial charge in [0.25, 0.3) is 0 Å². The molecular formula is C17H23NOS. The fourth-order valence-electron chi connectivity index (χ4n) is 2.06. The molecule has 0 spiro atoms. The second kappa shape index (κ2) is 6.80. The van der Waals surface area contributed by atoms with E-state index in [1.807, 2.05) is 43.4 Å². The average Bonchev–Trinajstić information content (AvgIpc) is 2.89. The highest BCUT2D eigenvalue weighted by Crippen LogP contribution is 2.31. The van der Waals surface area contributed by atoms with E-state index in [1.165, 1.54) is 9.75 Å². The normalized spacial score (nSPS) is 12.4. The van der Waals surface area contributed by atoms with Crippen molar-refractivity contribution in [1.29, 1.82) is 0 Å². The molecule has 0 bridgehead atoms. The SMILES string of the molecule is CCc1ccc(C(C)Nc2ccccc2OC(C)C)s1. The van der Waals surface area contributed by atoms with Crippen LogP contribution >= 0.6 is 11.3 Å². The van der Waals surface area contributed by atoms with E-state index in [-0.39, 0.29) is 12.1 Å². The van der Waals surface area contributed by atoms with Crippen molar-refractivity contribution in [1.82, 2.24) is 0 Å². The van der Waals surface area contributed by atoms with Gasteiger partial charge in [-0.3, -0.25) is 0 Å². The first-order valence-electron chi connectivity index (χ1n) is 7.21. The quantitative estimate of drug-likeness (QED) is 0.782. The minimum atomic E-state index is 0.182. The maximum Gasteiger partial charge on any atom is 0.142 e. The van der Waals surface area contributed by atoms with Crippen molar-refractivity contribution in [3.63, 3.8) is 0 Å². The molecule has 0 amide bonds. The van der Waals surface area contributed by atoms with Crippen LogP contribution in [0.15, 0.2) is 36.4 Å². The number of thiophene rings is 1. The molecule has 0 aliphatic rings. The highest BCUT2D eigenvalue weighted by atomic mass is 32.1. The molecule has 1 unspecified atom stereocenters. The molecule has 0 radical (unpaired) electrons. The lowest BCUT2D eigenvalue weighted by Gasteiger charge is -2.19. The van der Waals surface area contributed by atoms with Crippen molar-refractivity contribution < 1.29 is 4.74 Å². The predicted octanol–water partition coefficient (Wildman–Crippen LogP) is 5.27. The van der Waals surface area contributed by atoms with Gasteiger partial charge in [-0.15, -0.1) is 11.3 Å². The molecule has 3 heteroatoms. The fraction of sp³-hybridized carbons (Fsp3) is 0.412. The largest absolute Gasteiger partial charge is 0.489 e. The van der Waals surface area contributed by atoms with Gasteiger partial charge in [0.1, 0.15) is 5.75 Å². The second-order valence-corrected chi connectivity index (χ2v) is 6.39. The summed E-state index contributed by atoms with van der Waals surface area (Å²) >= 11 is 1.88. The van der Waals surface area contributed by atoms with Gasteiger partial charge in [-0.25, -0.2) is 0 Å². The number of rotatable bonds is 6. The molecular weight excluding hydrogens is 266 g/mol. The Kier molecular flexibility index (Phi) is 5.07. The molecule has 0 aliphatic carbocycles. The third kappa shape index (κ3) is 3.76. The first kappa shape index (κ1) is 14.9. The van der Waals surface area contributed by atoms with Gasteiger partial charge < -0.3 is 10.1 Å². The van der Waals surface area contributed by atoms with E-state index in [4.69, 9.17) is 4.74 Å². The van der Waals surface area contributed by atoms with Crippen LogP contribution in [0.5, 0.6) is 5.75 Å². The number of nitrogens with one attached hydrogen (secondary N) is 1. The Bertz CT molecular complexity index is 547. The lowest BCUT2D eigenvalue weighted by molar-refractivity contribution is 0.243.